The van der Waals surface area contributed by atoms with Gasteiger partial charge in [-0.05, 0) is 12.1 Å². The maximum Gasteiger partial charge on any atom is 0.142 e. The van der Waals surface area contributed by atoms with E-state index in [1.54, 1.807) is 33.5 Å². The van der Waals surface area contributed by atoms with Crippen LogP contribution in [0.4, 0.5) is 5.82 Å². The molecule has 0 radical (unpaired) electrons. The van der Waals surface area contributed by atoms with Gasteiger partial charge < -0.3 is 19.9 Å². The number of nitrogen functional groups attached to an aromatic ring is 1. The smallest absolute Gasteiger partial charge is 0.142 e. The van der Waals surface area contributed by atoms with E-state index in [2.05, 4.69) is 27.0 Å². The number of rotatable bonds is 5. The SMILES string of the molecule is COc1cc(OC)c(-c2cc(-c3ccccc3Br)nc(N)c2C#N)c(OC)c1. The third-order valence-corrected chi connectivity index (χ3v) is 4.98. The van der Waals surface area contributed by atoms with Crippen molar-refractivity contribution in [2.24, 2.45) is 0 Å². The Kier molecular flexibility index (Phi) is 5.71. The number of nitrogens with two attached hydrogens (primary N) is 1. The fraction of sp³-hybridized carbons (Fsp3) is 0.143. The first-order valence-corrected chi connectivity index (χ1v) is 9.09. The molecule has 28 heavy (non-hydrogen) atoms. The van der Waals surface area contributed by atoms with E-state index in [-0.39, 0.29) is 11.4 Å². The molecule has 3 aromatic rings. The van der Waals surface area contributed by atoms with Gasteiger partial charge in [-0.25, -0.2) is 4.98 Å². The molecule has 7 heteroatoms. The van der Waals surface area contributed by atoms with Crippen LogP contribution in [0.15, 0.2) is 46.9 Å². The van der Waals surface area contributed by atoms with Gasteiger partial charge in [0.05, 0.1) is 32.6 Å². The summed E-state index contributed by atoms with van der Waals surface area (Å²) in [5.41, 5.74) is 9.03. The van der Waals surface area contributed by atoms with Gasteiger partial charge >= 0.3 is 0 Å². The third-order valence-electron chi connectivity index (χ3n) is 4.29. The average Bonchev–Trinajstić information content (AvgIpc) is 2.72. The van der Waals surface area contributed by atoms with Crippen molar-refractivity contribution in [1.29, 1.82) is 5.26 Å². The minimum absolute atomic E-state index is 0.130. The highest BCUT2D eigenvalue weighted by molar-refractivity contribution is 9.10. The molecular weight excluding hydrogens is 422 g/mol. The molecule has 2 N–H and O–H groups in total. The van der Waals surface area contributed by atoms with Crippen molar-refractivity contribution in [3.63, 3.8) is 0 Å². The van der Waals surface area contributed by atoms with Gasteiger partial charge in [0.15, 0.2) is 0 Å². The van der Waals surface area contributed by atoms with E-state index in [1.807, 2.05) is 30.3 Å². The molecular formula is C21H18BrN3O3. The zero-order chi connectivity index (χ0) is 20.3. The molecule has 142 valence electrons. The van der Waals surface area contributed by atoms with E-state index in [0.717, 1.165) is 10.0 Å². The molecule has 0 bridgehead atoms. The van der Waals surface area contributed by atoms with Crippen LogP contribution in [0.5, 0.6) is 17.2 Å². The molecule has 0 amide bonds. The third kappa shape index (κ3) is 3.47. The zero-order valence-electron chi connectivity index (χ0n) is 15.6. The van der Waals surface area contributed by atoms with Crippen molar-refractivity contribution >= 4 is 21.7 Å². The molecule has 0 aliphatic heterocycles. The monoisotopic (exact) mass is 439 g/mol. The quantitative estimate of drug-likeness (QED) is 0.621. The molecule has 2 aromatic carbocycles. The number of benzene rings is 2. The molecule has 0 spiro atoms. The molecule has 1 heterocycles. The first kappa shape index (κ1) is 19.5. The summed E-state index contributed by atoms with van der Waals surface area (Å²) in [7, 11) is 4.65. The number of pyridine rings is 1. The Morgan fingerprint density at radius 2 is 1.61 bits per heavy atom. The molecule has 0 atom stereocenters. The molecule has 0 saturated heterocycles. The number of aromatic nitrogens is 1. The summed E-state index contributed by atoms with van der Waals surface area (Å²) in [6, 6.07) is 15.1. The normalized spacial score (nSPS) is 10.2. The molecule has 6 nitrogen and oxygen atoms in total. The van der Waals surface area contributed by atoms with Gasteiger partial charge in [-0.3, -0.25) is 0 Å². The molecule has 0 saturated carbocycles. The van der Waals surface area contributed by atoms with Crippen LogP contribution in [0.1, 0.15) is 5.56 Å². The standard InChI is InChI=1S/C21H18BrN3O3/c1-26-12-8-18(27-2)20(19(9-12)28-3)14-10-17(25-21(24)15(14)11-23)13-6-4-5-7-16(13)22/h4-10H,1-3H3,(H2,24,25). The number of hydrogen-bond donors (Lipinski definition) is 1. The fourth-order valence-electron chi connectivity index (χ4n) is 2.96. The van der Waals surface area contributed by atoms with Crippen molar-refractivity contribution in [1.82, 2.24) is 4.98 Å². The van der Waals surface area contributed by atoms with Crippen molar-refractivity contribution in [3.05, 3.63) is 52.5 Å². The van der Waals surface area contributed by atoms with Crippen LogP contribution >= 0.6 is 15.9 Å². The molecule has 0 aliphatic rings. The summed E-state index contributed by atoms with van der Waals surface area (Å²) < 4.78 is 17.3. The Morgan fingerprint density at radius 1 is 0.964 bits per heavy atom. The number of hydrogen-bond acceptors (Lipinski definition) is 6. The number of ether oxygens (including phenoxy) is 3. The maximum atomic E-state index is 9.72. The predicted octanol–water partition coefficient (Wildman–Crippen LogP) is 4.66. The number of methoxy groups -OCH3 is 3. The van der Waals surface area contributed by atoms with E-state index in [1.165, 1.54) is 0 Å². The maximum absolute atomic E-state index is 9.72. The van der Waals surface area contributed by atoms with Gasteiger partial charge in [0.2, 0.25) is 0 Å². The van der Waals surface area contributed by atoms with Crippen molar-refractivity contribution in [2.75, 3.05) is 27.1 Å². The van der Waals surface area contributed by atoms with E-state index >= 15 is 0 Å². The Hall–Kier alpha value is -3.24. The van der Waals surface area contributed by atoms with Gasteiger partial charge in [0, 0.05) is 27.7 Å². The minimum atomic E-state index is 0.130. The lowest BCUT2D eigenvalue weighted by atomic mass is 9.96. The zero-order valence-corrected chi connectivity index (χ0v) is 17.2. The van der Waals surface area contributed by atoms with E-state index in [9.17, 15) is 5.26 Å². The summed E-state index contributed by atoms with van der Waals surface area (Å²) in [5, 5.41) is 9.72. The number of nitrogens with zero attached hydrogens (tertiary/aromatic N) is 2. The second-order valence-electron chi connectivity index (χ2n) is 5.81. The summed E-state index contributed by atoms with van der Waals surface area (Å²) >= 11 is 3.54. The largest absolute Gasteiger partial charge is 0.496 e. The summed E-state index contributed by atoms with van der Waals surface area (Å²) in [4.78, 5) is 4.42. The van der Waals surface area contributed by atoms with Gasteiger partial charge in [0.25, 0.3) is 0 Å². The molecule has 0 unspecified atom stereocenters. The number of anilines is 1. The predicted molar refractivity (Wildman–Crippen MR) is 112 cm³/mol. The summed E-state index contributed by atoms with van der Waals surface area (Å²) in [6.45, 7) is 0. The topological polar surface area (TPSA) is 90.4 Å². The van der Waals surface area contributed by atoms with Gasteiger partial charge in [-0.1, -0.05) is 34.1 Å². The number of nitriles is 1. The van der Waals surface area contributed by atoms with Crippen molar-refractivity contribution < 1.29 is 14.2 Å². The van der Waals surface area contributed by atoms with Crippen LogP contribution in [-0.2, 0) is 0 Å². The Balaban J connectivity index is 2.37. The first-order chi connectivity index (χ1) is 13.5. The van der Waals surface area contributed by atoms with E-state index < -0.39 is 0 Å². The van der Waals surface area contributed by atoms with Crippen LogP contribution < -0.4 is 19.9 Å². The summed E-state index contributed by atoms with van der Waals surface area (Å²) in [6.07, 6.45) is 0. The highest BCUT2D eigenvalue weighted by atomic mass is 79.9. The van der Waals surface area contributed by atoms with Crippen LogP contribution in [-0.4, -0.2) is 26.3 Å². The first-order valence-electron chi connectivity index (χ1n) is 8.29. The van der Waals surface area contributed by atoms with Crippen molar-refractivity contribution in [3.8, 4) is 45.7 Å². The second kappa shape index (κ2) is 8.19. The number of halogens is 1. The molecule has 1 aromatic heterocycles. The lowest BCUT2D eigenvalue weighted by molar-refractivity contribution is 0.377. The van der Waals surface area contributed by atoms with Crippen LogP contribution in [0.3, 0.4) is 0 Å². The fourth-order valence-corrected chi connectivity index (χ4v) is 3.45. The van der Waals surface area contributed by atoms with E-state index in [0.29, 0.717) is 34.1 Å². The average molecular weight is 440 g/mol. The van der Waals surface area contributed by atoms with Crippen LogP contribution in [0.25, 0.3) is 22.4 Å². The summed E-state index contributed by atoms with van der Waals surface area (Å²) in [5.74, 6) is 1.70. The van der Waals surface area contributed by atoms with Crippen molar-refractivity contribution in [2.45, 2.75) is 0 Å². The lowest BCUT2D eigenvalue weighted by Crippen LogP contribution is -2.02. The van der Waals surface area contributed by atoms with Gasteiger partial charge in [-0.2, -0.15) is 5.26 Å². The molecule has 3 rings (SSSR count). The van der Waals surface area contributed by atoms with E-state index in [4.69, 9.17) is 19.9 Å². The Labute approximate surface area is 171 Å². The van der Waals surface area contributed by atoms with Gasteiger partial charge in [-0.15, -0.1) is 0 Å². The van der Waals surface area contributed by atoms with Crippen LogP contribution in [0, 0.1) is 11.3 Å². The minimum Gasteiger partial charge on any atom is -0.496 e. The lowest BCUT2D eigenvalue weighted by Gasteiger charge is -2.17. The highest BCUT2D eigenvalue weighted by Crippen LogP contribution is 2.45. The van der Waals surface area contributed by atoms with Crippen LogP contribution in [0.2, 0.25) is 0 Å². The Bertz CT molecular complexity index is 1050. The molecule has 0 fully saturated rings. The molecule has 0 aliphatic carbocycles. The Morgan fingerprint density at radius 3 is 2.14 bits per heavy atom. The van der Waals surface area contributed by atoms with Gasteiger partial charge in [0.1, 0.15) is 34.7 Å². The second-order valence-corrected chi connectivity index (χ2v) is 6.67. The highest BCUT2D eigenvalue weighted by Gasteiger charge is 2.22.